The van der Waals surface area contributed by atoms with Gasteiger partial charge in [-0.1, -0.05) is 6.07 Å². The number of carbonyl (C=O) groups is 3. The van der Waals surface area contributed by atoms with Crippen molar-refractivity contribution in [2.45, 2.75) is 13.3 Å². The topological polar surface area (TPSA) is 128 Å². The fraction of sp³-hybridized carbons (Fsp3) is 0.286. The molecule has 10 nitrogen and oxygen atoms in total. The summed E-state index contributed by atoms with van der Waals surface area (Å²) >= 11 is 0. The summed E-state index contributed by atoms with van der Waals surface area (Å²) in [6.07, 6.45) is -0.0153. The summed E-state index contributed by atoms with van der Waals surface area (Å²) in [4.78, 5) is 48.3. The molecule has 1 fully saturated rings. The second kappa shape index (κ2) is 9.70. The predicted molar refractivity (Wildman–Crippen MR) is 111 cm³/mol. The average Bonchev–Trinajstić information content (AvgIpc) is 3.14. The van der Waals surface area contributed by atoms with Gasteiger partial charge in [0.25, 0.3) is 11.6 Å². The zero-order valence-corrected chi connectivity index (χ0v) is 16.8. The van der Waals surface area contributed by atoms with E-state index in [0.717, 1.165) is 0 Å². The third-order valence-corrected chi connectivity index (χ3v) is 4.60. The first-order chi connectivity index (χ1) is 14.9. The molecule has 0 bridgehead atoms. The molecule has 2 aromatic rings. The molecule has 2 aromatic carbocycles. The van der Waals surface area contributed by atoms with E-state index in [1.165, 1.54) is 29.2 Å². The van der Waals surface area contributed by atoms with Crippen LogP contribution in [0.1, 0.15) is 13.3 Å². The molecule has 1 aliphatic rings. The predicted octanol–water partition coefficient (Wildman–Crippen LogP) is 2.53. The Morgan fingerprint density at radius 1 is 1.23 bits per heavy atom. The van der Waals surface area contributed by atoms with E-state index >= 15 is 0 Å². The molecule has 2 amide bonds. The number of esters is 1. The summed E-state index contributed by atoms with van der Waals surface area (Å²) in [6, 6.07) is 12.4. The normalized spacial score (nSPS) is 15.5. The lowest BCUT2D eigenvalue weighted by molar-refractivity contribution is -0.384. The number of anilines is 2. The number of rotatable bonds is 8. The van der Waals surface area contributed by atoms with Gasteiger partial charge in [0, 0.05) is 36.5 Å². The van der Waals surface area contributed by atoms with E-state index < -0.39 is 29.3 Å². The van der Waals surface area contributed by atoms with Crippen molar-refractivity contribution in [1.82, 2.24) is 0 Å². The summed E-state index contributed by atoms with van der Waals surface area (Å²) in [6.45, 7) is 2.00. The molecule has 0 spiro atoms. The Morgan fingerprint density at radius 3 is 2.65 bits per heavy atom. The van der Waals surface area contributed by atoms with Crippen molar-refractivity contribution in [2.24, 2.45) is 5.92 Å². The number of ether oxygens (including phenoxy) is 2. The van der Waals surface area contributed by atoms with Crippen LogP contribution in [-0.4, -0.2) is 42.5 Å². The van der Waals surface area contributed by atoms with Gasteiger partial charge in [0.05, 0.1) is 17.4 Å². The number of nitrogens with one attached hydrogen (secondary N) is 1. The van der Waals surface area contributed by atoms with Crippen molar-refractivity contribution in [3.8, 4) is 5.75 Å². The summed E-state index contributed by atoms with van der Waals surface area (Å²) in [5, 5.41) is 13.2. The van der Waals surface area contributed by atoms with Crippen molar-refractivity contribution >= 4 is 34.8 Å². The Morgan fingerprint density at radius 2 is 1.97 bits per heavy atom. The van der Waals surface area contributed by atoms with Crippen molar-refractivity contribution in [3.05, 3.63) is 58.6 Å². The second-order valence-electron chi connectivity index (χ2n) is 6.80. The molecule has 0 radical (unpaired) electrons. The molecule has 0 saturated carbocycles. The smallest absolute Gasteiger partial charge is 0.311 e. The lowest BCUT2D eigenvalue weighted by atomic mass is 10.1. The van der Waals surface area contributed by atoms with Gasteiger partial charge in [-0.2, -0.15) is 0 Å². The van der Waals surface area contributed by atoms with Crippen LogP contribution in [0.5, 0.6) is 5.75 Å². The monoisotopic (exact) mass is 427 g/mol. The fourth-order valence-corrected chi connectivity index (χ4v) is 3.15. The van der Waals surface area contributed by atoms with Gasteiger partial charge in [0.2, 0.25) is 5.91 Å². The highest BCUT2D eigenvalue weighted by molar-refractivity contribution is 6.00. The molecular weight excluding hydrogens is 406 g/mol. The zero-order chi connectivity index (χ0) is 22.4. The third-order valence-electron chi connectivity index (χ3n) is 4.60. The minimum absolute atomic E-state index is 0.0153. The highest BCUT2D eigenvalue weighted by atomic mass is 16.6. The standard InChI is InChI=1S/C21H21N3O7/c1-2-30-18-8-6-16(7-9-18)23-12-14(10-20(23)26)21(27)31-13-19(25)22-15-4-3-5-17(11-15)24(28)29/h3-9,11,14H,2,10,12-13H2,1H3,(H,22,25)/t14-/m0/s1. The lowest BCUT2D eigenvalue weighted by Crippen LogP contribution is -2.28. The molecule has 162 valence electrons. The number of hydrogen-bond donors (Lipinski definition) is 1. The minimum atomic E-state index is -0.690. The van der Waals surface area contributed by atoms with Crippen LogP contribution in [0.3, 0.4) is 0 Å². The summed E-state index contributed by atoms with van der Waals surface area (Å²) < 4.78 is 10.4. The van der Waals surface area contributed by atoms with E-state index in [2.05, 4.69) is 5.32 Å². The number of amides is 2. The molecule has 1 atom stereocenters. The number of hydrogen-bond acceptors (Lipinski definition) is 7. The number of non-ortho nitro benzene ring substituents is 1. The van der Waals surface area contributed by atoms with Crippen molar-refractivity contribution in [2.75, 3.05) is 30.0 Å². The summed E-state index contributed by atoms with van der Waals surface area (Å²) in [7, 11) is 0. The van der Waals surface area contributed by atoms with Crippen molar-refractivity contribution in [3.63, 3.8) is 0 Å². The largest absolute Gasteiger partial charge is 0.494 e. The Balaban J connectivity index is 1.51. The Bertz CT molecular complexity index is 991. The van der Waals surface area contributed by atoms with Gasteiger partial charge in [-0.25, -0.2) is 0 Å². The Hall–Kier alpha value is -3.95. The van der Waals surface area contributed by atoms with E-state index in [9.17, 15) is 24.5 Å². The maximum Gasteiger partial charge on any atom is 0.311 e. The molecule has 10 heteroatoms. The maximum absolute atomic E-state index is 12.3. The molecule has 1 aliphatic heterocycles. The first kappa shape index (κ1) is 21.8. The third kappa shape index (κ3) is 5.56. The highest BCUT2D eigenvalue weighted by Gasteiger charge is 2.36. The molecule has 0 aliphatic carbocycles. The van der Waals surface area contributed by atoms with Crippen LogP contribution in [-0.2, 0) is 19.1 Å². The Kier molecular flexibility index (Phi) is 6.81. The van der Waals surface area contributed by atoms with Gasteiger partial charge < -0.3 is 19.7 Å². The van der Waals surface area contributed by atoms with E-state index in [0.29, 0.717) is 18.0 Å². The molecule has 0 aromatic heterocycles. The summed E-state index contributed by atoms with van der Waals surface area (Å²) in [5.41, 5.74) is 0.689. The van der Waals surface area contributed by atoms with Gasteiger partial charge >= 0.3 is 5.97 Å². The fourth-order valence-electron chi connectivity index (χ4n) is 3.15. The number of nitrogens with zero attached hydrogens (tertiary/aromatic N) is 2. The molecule has 1 saturated heterocycles. The average molecular weight is 427 g/mol. The van der Waals surface area contributed by atoms with Gasteiger partial charge in [0.1, 0.15) is 5.75 Å². The maximum atomic E-state index is 12.3. The van der Waals surface area contributed by atoms with Crippen LogP contribution in [0.25, 0.3) is 0 Å². The van der Waals surface area contributed by atoms with E-state index in [1.807, 2.05) is 6.92 Å². The molecule has 3 rings (SSSR count). The van der Waals surface area contributed by atoms with Gasteiger partial charge in [-0.15, -0.1) is 0 Å². The minimum Gasteiger partial charge on any atom is -0.494 e. The first-order valence-corrected chi connectivity index (χ1v) is 9.61. The van der Waals surface area contributed by atoms with E-state index in [4.69, 9.17) is 9.47 Å². The SMILES string of the molecule is CCOc1ccc(N2C[C@@H](C(=O)OCC(=O)Nc3cccc([N+](=O)[O-])c3)CC2=O)cc1. The molecule has 1 heterocycles. The molecule has 1 N–H and O–H groups in total. The van der Waals surface area contributed by atoms with Crippen LogP contribution in [0, 0.1) is 16.0 Å². The van der Waals surface area contributed by atoms with Crippen LogP contribution >= 0.6 is 0 Å². The van der Waals surface area contributed by atoms with Crippen LogP contribution in [0.2, 0.25) is 0 Å². The molecular formula is C21H21N3O7. The van der Waals surface area contributed by atoms with E-state index in [-0.39, 0.29) is 30.2 Å². The highest BCUT2D eigenvalue weighted by Crippen LogP contribution is 2.27. The second-order valence-corrected chi connectivity index (χ2v) is 6.80. The number of carbonyl (C=O) groups excluding carboxylic acids is 3. The molecule has 0 unspecified atom stereocenters. The zero-order valence-electron chi connectivity index (χ0n) is 16.8. The van der Waals surface area contributed by atoms with Gasteiger partial charge in [0.15, 0.2) is 6.61 Å². The first-order valence-electron chi connectivity index (χ1n) is 9.61. The lowest BCUT2D eigenvalue weighted by Gasteiger charge is -2.17. The molecule has 31 heavy (non-hydrogen) atoms. The Labute approximate surface area is 177 Å². The summed E-state index contributed by atoms with van der Waals surface area (Å²) in [5.74, 6) is -1.52. The van der Waals surface area contributed by atoms with Crippen molar-refractivity contribution in [1.29, 1.82) is 0 Å². The quantitative estimate of drug-likeness (QED) is 0.389. The van der Waals surface area contributed by atoms with Crippen LogP contribution in [0.15, 0.2) is 48.5 Å². The van der Waals surface area contributed by atoms with Crippen molar-refractivity contribution < 1.29 is 28.8 Å². The van der Waals surface area contributed by atoms with Gasteiger partial charge in [-0.3, -0.25) is 24.5 Å². The van der Waals surface area contributed by atoms with Crippen LogP contribution < -0.4 is 15.0 Å². The van der Waals surface area contributed by atoms with Gasteiger partial charge in [-0.05, 0) is 37.3 Å². The number of benzene rings is 2. The van der Waals surface area contributed by atoms with E-state index in [1.54, 1.807) is 24.3 Å². The van der Waals surface area contributed by atoms with Crippen LogP contribution in [0.4, 0.5) is 17.1 Å². The number of nitro benzene ring substituents is 1. The number of nitro groups is 1.